The summed E-state index contributed by atoms with van der Waals surface area (Å²) in [5, 5.41) is 3.48. The van der Waals surface area contributed by atoms with E-state index in [4.69, 9.17) is 0 Å². The van der Waals surface area contributed by atoms with Crippen molar-refractivity contribution in [1.29, 1.82) is 0 Å². The molecule has 0 radical (unpaired) electrons. The zero-order chi connectivity index (χ0) is 9.45. The zero-order valence-electron chi connectivity index (χ0n) is 9.19. The van der Waals surface area contributed by atoms with Crippen LogP contribution in [0, 0.1) is 0 Å². The van der Waals surface area contributed by atoms with Gasteiger partial charge in [0.05, 0.1) is 27.7 Å². The number of unbranched alkanes of at least 4 members (excludes halogenated alkanes) is 1. The summed E-state index contributed by atoms with van der Waals surface area (Å²) in [5.41, 5.74) is 0. The Labute approximate surface area is 80.3 Å². The highest BCUT2D eigenvalue weighted by Crippen LogP contribution is 1.90. The minimum atomic E-state index is 1.06. The van der Waals surface area contributed by atoms with Crippen LogP contribution in [0.5, 0.6) is 0 Å². The van der Waals surface area contributed by atoms with E-state index in [1.165, 1.54) is 42.2 Å². The fourth-order valence-corrected chi connectivity index (χ4v) is 1.54. The first-order valence-corrected chi connectivity index (χ1v) is 6.49. The minimum absolute atomic E-state index is 1.06. The molecule has 0 fully saturated rings. The summed E-state index contributed by atoms with van der Waals surface area (Å²) in [6.45, 7) is 3.59. The molecule has 12 heavy (non-hydrogen) atoms. The molecule has 1 N–H and O–H groups in total. The molecule has 0 aliphatic heterocycles. The molecule has 0 bridgehead atoms. The molecule has 0 heterocycles. The maximum Gasteiger partial charge on any atom is 0.0907 e. The van der Waals surface area contributed by atoms with Crippen molar-refractivity contribution in [2.45, 2.75) is 18.9 Å². The fraction of sp³-hybridized carbons (Fsp3) is 1.00. The van der Waals surface area contributed by atoms with E-state index in [2.05, 4.69) is 26.5 Å². The summed E-state index contributed by atoms with van der Waals surface area (Å²) in [4.78, 5) is 0. The largest absolute Gasteiger partial charge is 0.330 e. The van der Waals surface area contributed by atoms with E-state index >= 15 is 0 Å². The van der Waals surface area contributed by atoms with Crippen molar-refractivity contribution in [3.8, 4) is 0 Å². The SMILES string of the molecule is C[N+](C)(C)CCNCCCC[SiH3]. The van der Waals surface area contributed by atoms with Gasteiger partial charge in [-0.3, -0.25) is 0 Å². The first-order chi connectivity index (χ1) is 5.56. The minimum Gasteiger partial charge on any atom is -0.330 e. The van der Waals surface area contributed by atoms with Gasteiger partial charge < -0.3 is 9.80 Å². The Kier molecular flexibility index (Phi) is 6.71. The maximum atomic E-state index is 3.48. The van der Waals surface area contributed by atoms with Crippen LogP contribution in [0.25, 0.3) is 0 Å². The van der Waals surface area contributed by atoms with Gasteiger partial charge in [0.25, 0.3) is 0 Å². The smallest absolute Gasteiger partial charge is 0.0907 e. The molecule has 0 saturated heterocycles. The van der Waals surface area contributed by atoms with Crippen molar-refractivity contribution in [2.24, 2.45) is 0 Å². The van der Waals surface area contributed by atoms with Crippen LogP contribution in [0.2, 0.25) is 6.04 Å². The Morgan fingerprint density at radius 1 is 1.08 bits per heavy atom. The van der Waals surface area contributed by atoms with E-state index < -0.39 is 0 Å². The fourth-order valence-electron chi connectivity index (χ4n) is 1.04. The van der Waals surface area contributed by atoms with Gasteiger partial charge >= 0.3 is 0 Å². The van der Waals surface area contributed by atoms with Gasteiger partial charge in [0.2, 0.25) is 0 Å². The number of nitrogens with zero attached hydrogens (tertiary/aromatic N) is 1. The van der Waals surface area contributed by atoms with Crippen LogP contribution in [0.15, 0.2) is 0 Å². The topological polar surface area (TPSA) is 12.0 Å². The summed E-state index contributed by atoms with van der Waals surface area (Å²) in [6, 6.07) is 1.46. The average molecular weight is 189 g/mol. The Morgan fingerprint density at radius 3 is 2.25 bits per heavy atom. The van der Waals surface area contributed by atoms with Crippen molar-refractivity contribution < 1.29 is 4.48 Å². The molecule has 0 atom stereocenters. The highest BCUT2D eigenvalue weighted by atomic mass is 28.1. The third kappa shape index (κ3) is 10.1. The van der Waals surface area contributed by atoms with Gasteiger partial charge in [-0.25, -0.2) is 0 Å². The van der Waals surface area contributed by atoms with Gasteiger partial charge in [-0.1, -0.05) is 12.5 Å². The average Bonchev–Trinajstić information content (AvgIpc) is 1.94. The van der Waals surface area contributed by atoms with Crippen LogP contribution < -0.4 is 5.32 Å². The first kappa shape index (κ1) is 12.1. The molecule has 2 nitrogen and oxygen atoms in total. The second-order valence-electron chi connectivity index (χ2n) is 4.47. The molecule has 0 aliphatic rings. The van der Waals surface area contributed by atoms with Crippen molar-refractivity contribution in [3.63, 3.8) is 0 Å². The molecule has 0 aromatic rings. The molecule has 74 valence electrons. The number of hydrogen-bond donors (Lipinski definition) is 1. The lowest BCUT2D eigenvalue weighted by atomic mass is 10.3. The van der Waals surface area contributed by atoms with Gasteiger partial charge in [-0.05, 0) is 13.0 Å². The van der Waals surface area contributed by atoms with Crippen molar-refractivity contribution >= 4 is 10.2 Å². The highest BCUT2D eigenvalue weighted by Gasteiger charge is 2.04. The van der Waals surface area contributed by atoms with Gasteiger partial charge in [-0.15, -0.1) is 0 Å². The predicted octanol–water partition coefficient (Wildman–Crippen LogP) is -0.154. The molecule has 0 aliphatic carbocycles. The van der Waals surface area contributed by atoms with Gasteiger partial charge in [0.15, 0.2) is 0 Å². The summed E-state index contributed by atoms with van der Waals surface area (Å²) >= 11 is 0. The lowest BCUT2D eigenvalue weighted by Crippen LogP contribution is -2.40. The number of hydrogen-bond acceptors (Lipinski definition) is 1. The normalized spacial score (nSPS) is 12.2. The van der Waals surface area contributed by atoms with E-state index in [-0.39, 0.29) is 0 Å². The second kappa shape index (κ2) is 6.63. The molecule has 0 aromatic carbocycles. The Morgan fingerprint density at radius 2 is 1.75 bits per heavy atom. The molecule has 0 unspecified atom stereocenters. The molecular weight excluding hydrogens is 164 g/mol. The monoisotopic (exact) mass is 189 g/mol. The van der Waals surface area contributed by atoms with Gasteiger partial charge in [-0.2, -0.15) is 0 Å². The Hall–Kier alpha value is 0.137. The van der Waals surface area contributed by atoms with Crippen LogP contribution in [0.4, 0.5) is 0 Å². The lowest BCUT2D eigenvalue weighted by Gasteiger charge is -2.23. The maximum absolute atomic E-state index is 3.48. The predicted molar refractivity (Wildman–Crippen MR) is 59.7 cm³/mol. The Balaban J connectivity index is 3.01. The summed E-state index contributed by atoms with van der Waals surface area (Å²) in [5.74, 6) is 0. The first-order valence-electron chi connectivity index (χ1n) is 5.07. The van der Waals surface area contributed by atoms with Crippen LogP contribution >= 0.6 is 0 Å². The summed E-state index contributed by atoms with van der Waals surface area (Å²) in [7, 11) is 8.08. The van der Waals surface area contributed by atoms with Crippen LogP contribution in [-0.2, 0) is 0 Å². The van der Waals surface area contributed by atoms with E-state index in [1.807, 2.05) is 0 Å². The molecule has 0 spiro atoms. The lowest BCUT2D eigenvalue weighted by molar-refractivity contribution is -0.869. The van der Waals surface area contributed by atoms with E-state index in [0.717, 1.165) is 11.0 Å². The van der Waals surface area contributed by atoms with Crippen molar-refractivity contribution in [3.05, 3.63) is 0 Å². The van der Waals surface area contributed by atoms with Crippen molar-refractivity contribution in [2.75, 3.05) is 40.8 Å². The number of likely N-dealkylation sites (N-methyl/N-ethyl adjacent to an activating group) is 1. The van der Waals surface area contributed by atoms with Crippen LogP contribution in [0.1, 0.15) is 12.8 Å². The van der Waals surface area contributed by atoms with Gasteiger partial charge in [0, 0.05) is 16.8 Å². The van der Waals surface area contributed by atoms with E-state index in [1.54, 1.807) is 0 Å². The molecule has 0 saturated carbocycles. The summed E-state index contributed by atoms with van der Waals surface area (Å²) < 4.78 is 1.06. The van der Waals surface area contributed by atoms with Crippen LogP contribution in [0.3, 0.4) is 0 Å². The second-order valence-corrected chi connectivity index (χ2v) is 5.47. The molecule has 0 amide bonds. The van der Waals surface area contributed by atoms with E-state index in [9.17, 15) is 0 Å². The number of rotatable bonds is 7. The van der Waals surface area contributed by atoms with E-state index in [0.29, 0.717) is 0 Å². The third-order valence-electron chi connectivity index (χ3n) is 1.92. The zero-order valence-corrected chi connectivity index (χ0v) is 11.2. The third-order valence-corrected chi connectivity index (χ3v) is 2.62. The molecule has 0 rings (SSSR count). The van der Waals surface area contributed by atoms with Crippen LogP contribution in [-0.4, -0.2) is 55.5 Å². The number of nitrogens with one attached hydrogen (secondary N) is 1. The number of quaternary nitrogens is 1. The summed E-state index contributed by atoms with van der Waals surface area (Å²) in [6.07, 6.45) is 2.78. The standard InChI is InChI=1S/C9H25N2Si/c1-11(2,3)8-7-10-6-4-5-9-12/h10H,4-9H2,1-3,12H3/q+1. The molecule has 3 heteroatoms. The quantitative estimate of drug-likeness (QED) is 0.334. The van der Waals surface area contributed by atoms with Gasteiger partial charge in [0.1, 0.15) is 0 Å². The molecular formula is C9H25N2Si+. The Bertz CT molecular complexity index is 99.2. The molecule has 0 aromatic heterocycles. The highest BCUT2D eigenvalue weighted by molar-refractivity contribution is 6.08. The van der Waals surface area contributed by atoms with Crippen molar-refractivity contribution in [1.82, 2.24) is 5.32 Å².